The lowest BCUT2D eigenvalue weighted by Gasteiger charge is -2.31. The summed E-state index contributed by atoms with van der Waals surface area (Å²) in [5.41, 5.74) is 0.760. The van der Waals surface area contributed by atoms with Crippen molar-refractivity contribution in [2.75, 3.05) is 26.3 Å². The topological polar surface area (TPSA) is 38.8 Å². The molecule has 0 aliphatic carbocycles. The number of nitrogens with zero attached hydrogens (tertiary/aromatic N) is 1. The Hall–Kier alpha value is -2.18. The third-order valence-electron chi connectivity index (χ3n) is 3.64. The Morgan fingerprint density at radius 1 is 1.50 bits per heavy atom. The van der Waals surface area contributed by atoms with Crippen LogP contribution < -0.4 is 9.47 Å². The molecule has 1 amide bonds. The minimum absolute atomic E-state index is 0.0292. The molecule has 1 aromatic rings. The first kappa shape index (κ1) is 18.2. The van der Waals surface area contributed by atoms with Gasteiger partial charge in [-0.25, -0.2) is 0 Å². The van der Waals surface area contributed by atoms with Gasteiger partial charge in [-0.1, -0.05) is 18.2 Å². The van der Waals surface area contributed by atoms with Crippen LogP contribution in [0.4, 0.5) is 13.2 Å². The molecule has 0 bridgehead atoms. The first-order valence-electron chi connectivity index (χ1n) is 7.69. The van der Waals surface area contributed by atoms with Gasteiger partial charge in [-0.05, 0) is 25.0 Å². The molecular weight excluding hydrogens is 323 g/mol. The number of benzene rings is 1. The second kappa shape index (κ2) is 7.59. The van der Waals surface area contributed by atoms with Crippen LogP contribution in [0.25, 0.3) is 0 Å². The van der Waals surface area contributed by atoms with Crippen LogP contribution in [0.2, 0.25) is 0 Å². The van der Waals surface area contributed by atoms with Crippen LogP contribution in [-0.2, 0) is 11.2 Å². The Morgan fingerprint density at radius 3 is 2.88 bits per heavy atom. The van der Waals surface area contributed by atoms with Crippen LogP contribution in [0.15, 0.2) is 30.9 Å². The van der Waals surface area contributed by atoms with Gasteiger partial charge in [0.15, 0.2) is 11.5 Å². The maximum Gasteiger partial charge on any atom is 0.406 e. The number of carbonyl (C=O) groups excluding carboxylic acids is 1. The molecule has 2 rings (SSSR count). The van der Waals surface area contributed by atoms with Crippen LogP contribution in [0, 0.1) is 5.92 Å². The van der Waals surface area contributed by atoms with Gasteiger partial charge in [0.1, 0.15) is 13.2 Å². The number of carbonyl (C=O) groups is 1. The van der Waals surface area contributed by atoms with Gasteiger partial charge >= 0.3 is 6.18 Å². The molecule has 132 valence electrons. The summed E-state index contributed by atoms with van der Waals surface area (Å²) < 4.78 is 49.1. The number of hydrogen-bond acceptors (Lipinski definition) is 3. The van der Waals surface area contributed by atoms with Gasteiger partial charge in [-0.15, -0.1) is 6.58 Å². The van der Waals surface area contributed by atoms with Gasteiger partial charge in [0, 0.05) is 6.54 Å². The van der Waals surface area contributed by atoms with Crippen LogP contribution in [0.5, 0.6) is 11.5 Å². The van der Waals surface area contributed by atoms with E-state index in [-0.39, 0.29) is 13.2 Å². The number of fused-ring (bicyclic) bond motifs is 1. The van der Waals surface area contributed by atoms with Crippen LogP contribution in [0.1, 0.15) is 12.5 Å². The highest BCUT2D eigenvalue weighted by Gasteiger charge is 2.36. The summed E-state index contributed by atoms with van der Waals surface area (Å²) >= 11 is 0. The van der Waals surface area contributed by atoms with Crippen molar-refractivity contribution in [3.8, 4) is 11.5 Å². The Balaban J connectivity index is 2.14. The lowest BCUT2D eigenvalue weighted by atomic mass is 9.95. The number of alkyl halides is 3. The summed E-state index contributed by atoms with van der Waals surface area (Å²) in [6.07, 6.45) is -2.84. The minimum Gasteiger partial charge on any atom is -0.490 e. The van der Waals surface area contributed by atoms with E-state index in [1.165, 1.54) is 6.08 Å². The molecule has 4 nitrogen and oxygen atoms in total. The lowest BCUT2D eigenvalue weighted by molar-refractivity contribution is -0.163. The Kier molecular flexibility index (Phi) is 5.75. The SMILES string of the molecule is C=CCN(CC(F)(F)F)C(=O)C1COc2c(cccc2OCC)C1. The summed E-state index contributed by atoms with van der Waals surface area (Å²) in [7, 11) is 0. The highest BCUT2D eigenvalue weighted by Crippen LogP contribution is 2.36. The molecule has 0 aromatic heterocycles. The molecule has 1 aliphatic rings. The van der Waals surface area contributed by atoms with E-state index < -0.39 is 24.5 Å². The van der Waals surface area contributed by atoms with E-state index in [0.717, 1.165) is 10.5 Å². The molecule has 7 heteroatoms. The maximum atomic E-state index is 12.7. The van der Waals surface area contributed by atoms with Gasteiger partial charge in [0.25, 0.3) is 0 Å². The van der Waals surface area contributed by atoms with E-state index in [2.05, 4.69) is 6.58 Å². The summed E-state index contributed by atoms with van der Waals surface area (Å²) in [6.45, 7) is 4.32. The normalized spacial score (nSPS) is 16.8. The standard InChI is InChI=1S/C17H20F3NO3/c1-3-8-21(11-17(18,19)20)16(22)13-9-12-6-5-7-14(23-4-2)15(12)24-10-13/h3,5-7,13H,1,4,8-11H2,2H3. The highest BCUT2D eigenvalue weighted by atomic mass is 19.4. The summed E-state index contributed by atoms with van der Waals surface area (Å²) in [5.74, 6) is -0.0926. The zero-order chi connectivity index (χ0) is 17.7. The van der Waals surface area contributed by atoms with Gasteiger partial charge < -0.3 is 14.4 Å². The number of halogens is 3. The van der Waals surface area contributed by atoms with Gasteiger partial charge in [-0.2, -0.15) is 13.2 Å². The molecule has 1 unspecified atom stereocenters. The number of rotatable bonds is 6. The monoisotopic (exact) mass is 343 g/mol. The zero-order valence-electron chi connectivity index (χ0n) is 13.4. The molecule has 0 N–H and O–H groups in total. The van der Waals surface area contributed by atoms with Crippen molar-refractivity contribution >= 4 is 5.91 Å². The maximum absolute atomic E-state index is 12.7. The molecular formula is C17H20F3NO3. The van der Waals surface area contributed by atoms with Gasteiger partial charge in [0.05, 0.1) is 12.5 Å². The molecule has 1 aliphatic heterocycles. The van der Waals surface area contributed by atoms with Crippen LogP contribution in [-0.4, -0.2) is 43.3 Å². The number of para-hydroxylation sites is 1. The van der Waals surface area contributed by atoms with E-state index >= 15 is 0 Å². The third kappa shape index (κ3) is 4.43. The van der Waals surface area contributed by atoms with Gasteiger partial charge in [0.2, 0.25) is 5.91 Å². The van der Waals surface area contributed by atoms with Crippen molar-refractivity contribution < 1.29 is 27.4 Å². The first-order chi connectivity index (χ1) is 11.4. The smallest absolute Gasteiger partial charge is 0.406 e. The van der Waals surface area contributed by atoms with Crippen LogP contribution in [0.3, 0.4) is 0 Å². The van der Waals surface area contributed by atoms with Crippen molar-refractivity contribution in [2.24, 2.45) is 5.92 Å². The third-order valence-corrected chi connectivity index (χ3v) is 3.64. The predicted molar refractivity (Wildman–Crippen MR) is 83.1 cm³/mol. The van der Waals surface area contributed by atoms with Gasteiger partial charge in [-0.3, -0.25) is 4.79 Å². The summed E-state index contributed by atoms with van der Waals surface area (Å²) in [6, 6.07) is 5.33. The summed E-state index contributed by atoms with van der Waals surface area (Å²) in [4.78, 5) is 13.2. The zero-order valence-corrected chi connectivity index (χ0v) is 13.4. The van der Waals surface area contributed by atoms with Crippen molar-refractivity contribution in [2.45, 2.75) is 19.5 Å². The van der Waals surface area contributed by atoms with E-state index in [1.807, 2.05) is 6.92 Å². The van der Waals surface area contributed by atoms with Crippen LogP contribution >= 0.6 is 0 Å². The quantitative estimate of drug-likeness (QED) is 0.745. The van der Waals surface area contributed by atoms with Crippen molar-refractivity contribution in [3.63, 3.8) is 0 Å². The number of hydrogen-bond donors (Lipinski definition) is 0. The Morgan fingerprint density at radius 2 is 2.25 bits per heavy atom. The number of ether oxygens (including phenoxy) is 2. The predicted octanol–water partition coefficient (Wildman–Crippen LogP) is 3.21. The van der Waals surface area contributed by atoms with E-state index in [1.54, 1.807) is 18.2 Å². The second-order valence-corrected chi connectivity index (χ2v) is 5.51. The molecule has 0 spiro atoms. The fourth-order valence-electron chi connectivity index (χ4n) is 2.68. The average Bonchev–Trinajstić information content (AvgIpc) is 2.52. The molecule has 1 atom stereocenters. The fraction of sp³-hybridized carbons (Fsp3) is 0.471. The first-order valence-corrected chi connectivity index (χ1v) is 7.69. The fourth-order valence-corrected chi connectivity index (χ4v) is 2.68. The van der Waals surface area contributed by atoms with E-state index in [9.17, 15) is 18.0 Å². The largest absolute Gasteiger partial charge is 0.490 e. The molecule has 0 radical (unpaired) electrons. The van der Waals surface area contributed by atoms with E-state index in [0.29, 0.717) is 24.5 Å². The molecule has 0 fully saturated rings. The Bertz CT molecular complexity index is 601. The average molecular weight is 343 g/mol. The lowest BCUT2D eigenvalue weighted by Crippen LogP contribution is -2.45. The molecule has 24 heavy (non-hydrogen) atoms. The number of amides is 1. The van der Waals surface area contributed by atoms with Crippen molar-refractivity contribution in [3.05, 3.63) is 36.4 Å². The van der Waals surface area contributed by atoms with Crippen molar-refractivity contribution in [1.29, 1.82) is 0 Å². The van der Waals surface area contributed by atoms with E-state index in [4.69, 9.17) is 9.47 Å². The minimum atomic E-state index is -4.45. The highest BCUT2D eigenvalue weighted by molar-refractivity contribution is 5.80. The second-order valence-electron chi connectivity index (χ2n) is 5.51. The van der Waals surface area contributed by atoms with Crippen molar-refractivity contribution in [1.82, 2.24) is 4.90 Å². The molecule has 0 saturated carbocycles. The molecule has 0 saturated heterocycles. The Labute approximate surface area is 138 Å². The molecule has 1 aromatic carbocycles. The summed E-state index contributed by atoms with van der Waals surface area (Å²) in [5, 5.41) is 0. The molecule has 1 heterocycles.